The third-order valence-corrected chi connectivity index (χ3v) is 4.98. The lowest BCUT2D eigenvalue weighted by Crippen LogP contribution is -2.42. The van der Waals surface area contributed by atoms with Gasteiger partial charge in [0.25, 0.3) is 5.91 Å². The topological polar surface area (TPSA) is 55.8 Å². The molecule has 2 aromatic rings. The number of rotatable bonds is 6. The van der Waals surface area contributed by atoms with Gasteiger partial charge in [0.05, 0.1) is 7.11 Å². The van der Waals surface area contributed by atoms with Crippen molar-refractivity contribution in [3.63, 3.8) is 0 Å². The van der Waals surface area contributed by atoms with Crippen LogP contribution >= 0.6 is 0 Å². The summed E-state index contributed by atoms with van der Waals surface area (Å²) in [6.45, 7) is 3.21. The Balaban J connectivity index is 1.48. The van der Waals surface area contributed by atoms with Crippen LogP contribution in [-0.4, -0.2) is 43.4 Å². The summed E-state index contributed by atoms with van der Waals surface area (Å²) < 4.78 is 10.7. The van der Waals surface area contributed by atoms with Crippen LogP contribution in [0, 0.1) is 12.8 Å². The summed E-state index contributed by atoms with van der Waals surface area (Å²) >= 11 is 0. The Morgan fingerprint density at radius 1 is 0.963 bits per heavy atom. The number of benzene rings is 2. The molecule has 5 heteroatoms. The number of ketones is 1. The molecule has 0 aromatic heterocycles. The van der Waals surface area contributed by atoms with Crippen LogP contribution in [0.1, 0.15) is 28.8 Å². The average molecular weight is 367 g/mol. The summed E-state index contributed by atoms with van der Waals surface area (Å²) in [4.78, 5) is 26.8. The summed E-state index contributed by atoms with van der Waals surface area (Å²) in [5.74, 6) is 1.49. The molecule has 1 heterocycles. The first kappa shape index (κ1) is 19.0. The Bertz CT molecular complexity index is 775. The number of likely N-dealkylation sites (tertiary alicyclic amines) is 1. The molecular weight excluding hydrogens is 342 g/mol. The molecular formula is C22H25NO4. The molecule has 3 rings (SSSR count). The number of aryl methyl sites for hydroxylation is 1. The maximum absolute atomic E-state index is 12.6. The average Bonchev–Trinajstić information content (AvgIpc) is 2.73. The zero-order valence-corrected chi connectivity index (χ0v) is 15.8. The number of carbonyl (C=O) groups is 2. The molecule has 0 unspecified atom stereocenters. The van der Waals surface area contributed by atoms with E-state index >= 15 is 0 Å². The molecule has 1 aliphatic heterocycles. The SMILES string of the molecule is COc1ccc(C(=O)C2CCN(C(=O)COc3ccc(C)cc3)CC2)cc1. The lowest BCUT2D eigenvalue weighted by Gasteiger charge is -2.31. The van der Waals surface area contributed by atoms with Gasteiger partial charge in [-0.05, 0) is 56.2 Å². The van der Waals surface area contributed by atoms with Crippen molar-refractivity contribution < 1.29 is 19.1 Å². The van der Waals surface area contributed by atoms with Crippen LogP contribution in [0.4, 0.5) is 0 Å². The van der Waals surface area contributed by atoms with Gasteiger partial charge in [-0.15, -0.1) is 0 Å². The zero-order chi connectivity index (χ0) is 19.2. The molecule has 1 saturated heterocycles. The lowest BCUT2D eigenvalue weighted by atomic mass is 9.89. The van der Waals surface area contributed by atoms with Gasteiger partial charge in [0.1, 0.15) is 11.5 Å². The monoisotopic (exact) mass is 367 g/mol. The molecule has 0 saturated carbocycles. The Morgan fingerprint density at radius 2 is 1.56 bits per heavy atom. The van der Waals surface area contributed by atoms with E-state index in [0.717, 1.165) is 11.3 Å². The highest BCUT2D eigenvalue weighted by Crippen LogP contribution is 2.23. The minimum atomic E-state index is -0.0412. The molecule has 142 valence electrons. The first-order valence-corrected chi connectivity index (χ1v) is 9.22. The van der Waals surface area contributed by atoms with Crippen LogP contribution in [0.15, 0.2) is 48.5 Å². The lowest BCUT2D eigenvalue weighted by molar-refractivity contribution is -0.134. The molecule has 0 bridgehead atoms. The Labute approximate surface area is 159 Å². The van der Waals surface area contributed by atoms with Crippen molar-refractivity contribution in [2.75, 3.05) is 26.8 Å². The van der Waals surface area contributed by atoms with E-state index in [2.05, 4.69) is 0 Å². The summed E-state index contributed by atoms with van der Waals surface area (Å²) in [6, 6.07) is 14.8. The highest BCUT2D eigenvalue weighted by atomic mass is 16.5. The summed E-state index contributed by atoms with van der Waals surface area (Å²) in [5, 5.41) is 0. The van der Waals surface area contributed by atoms with E-state index in [0.29, 0.717) is 37.2 Å². The number of Topliss-reactive ketones (excluding diaryl/α,β-unsaturated/α-hetero) is 1. The van der Waals surface area contributed by atoms with E-state index < -0.39 is 0 Å². The number of piperidine rings is 1. The largest absolute Gasteiger partial charge is 0.497 e. The molecule has 0 N–H and O–H groups in total. The van der Waals surface area contributed by atoms with Crippen LogP contribution < -0.4 is 9.47 Å². The molecule has 0 spiro atoms. The Hall–Kier alpha value is -2.82. The van der Waals surface area contributed by atoms with Crippen molar-refractivity contribution in [3.05, 3.63) is 59.7 Å². The van der Waals surface area contributed by atoms with Crippen molar-refractivity contribution >= 4 is 11.7 Å². The fourth-order valence-corrected chi connectivity index (χ4v) is 3.25. The minimum Gasteiger partial charge on any atom is -0.497 e. The van der Waals surface area contributed by atoms with Gasteiger partial charge in [-0.3, -0.25) is 9.59 Å². The van der Waals surface area contributed by atoms with Gasteiger partial charge in [0.2, 0.25) is 0 Å². The minimum absolute atomic E-state index is 0.0279. The molecule has 5 nitrogen and oxygen atoms in total. The molecule has 0 atom stereocenters. The van der Waals surface area contributed by atoms with E-state index in [1.807, 2.05) is 31.2 Å². The maximum atomic E-state index is 12.6. The second kappa shape index (κ2) is 8.71. The number of nitrogens with zero attached hydrogens (tertiary/aromatic N) is 1. The summed E-state index contributed by atoms with van der Waals surface area (Å²) in [5.41, 5.74) is 1.85. The first-order chi connectivity index (χ1) is 13.1. The molecule has 1 aliphatic rings. The summed E-state index contributed by atoms with van der Waals surface area (Å²) in [7, 11) is 1.60. The van der Waals surface area contributed by atoms with Crippen LogP contribution in [0.25, 0.3) is 0 Å². The van der Waals surface area contributed by atoms with Crippen molar-refractivity contribution in [1.29, 1.82) is 0 Å². The van der Waals surface area contributed by atoms with Crippen LogP contribution in [-0.2, 0) is 4.79 Å². The molecule has 1 amide bonds. The molecule has 0 aliphatic carbocycles. The van der Waals surface area contributed by atoms with Crippen LogP contribution in [0.2, 0.25) is 0 Å². The summed E-state index contributed by atoms with van der Waals surface area (Å²) in [6.07, 6.45) is 1.36. The first-order valence-electron chi connectivity index (χ1n) is 9.22. The van der Waals surface area contributed by atoms with Crippen molar-refractivity contribution in [1.82, 2.24) is 4.90 Å². The number of amides is 1. The van der Waals surface area contributed by atoms with Gasteiger partial charge in [-0.25, -0.2) is 0 Å². The van der Waals surface area contributed by atoms with Crippen molar-refractivity contribution in [3.8, 4) is 11.5 Å². The number of hydrogen-bond donors (Lipinski definition) is 0. The maximum Gasteiger partial charge on any atom is 0.260 e. The predicted octanol–water partition coefficient (Wildman–Crippen LogP) is 3.50. The third kappa shape index (κ3) is 4.88. The second-order valence-corrected chi connectivity index (χ2v) is 6.85. The molecule has 27 heavy (non-hydrogen) atoms. The van der Waals surface area contributed by atoms with E-state index in [4.69, 9.17) is 9.47 Å². The van der Waals surface area contributed by atoms with Gasteiger partial charge in [-0.1, -0.05) is 17.7 Å². The molecule has 0 radical (unpaired) electrons. The van der Waals surface area contributed by atoms with E-state index in [-0.39, 0.29) is 24.2 Å². The molecule has 2 aromatic carbocycles. The molecule has 1 fully saturated rings. The zero-order valence-electron chi connectivity index (χ0n) is 15.8. The van der Waals surface area contributed by atoms with Crippen molar-refractivity contribution in [2.24, 2.45) is 5.92 Å². The fraction of sp³-hybridized carbons (Fsp3) is 0.364. The number of hydrogen-bond acceptors (Lipinski definition) is 4. The Morgan fingerprint density at radius 3 is 2.15 bits per heavy atom. The van der Waals surface area contributed by atoms with Crippen LogP contribution in [0.3, 0.4) is 0 Å². The van der Waals surface area contributed by atoms with Crippen LogP contribution in [0.5, 0.6) is 11.5 Å². The van der Waals surface area contributed by atoms with E-state index in [1.165, 1.54) is 0 Å². The number of ether oxygens (including phenoxy) is 2. The quantitative estimate of drug-likeness (QED) is 0.733. The van der Waals surface area contributed by atoms with Crippen molar-refractivity contribution in [2.45, 2.75) is 19.8 Å². The van der Waals surface area contributed by atoms with Gasteiger partial charge in [-0.2, -0.15) is 0 Å². The Kier molecular flexibility index (Phi) is 6.12. The van der Waals surface area contributed by atoms with Gasteiger partial charge in [0.15, 0.2) is 12.4 Å². The smallest absolute Gasteiger partial charge is 0.260 e. The third-order valence-electron chi connectivity index (χ3n) is 4.98. The predicted molar refractivity (Wildman–Crippen MR) is 103 cm³/mol. The standard InChI is InChI=1S/C22H25NO4/c1-16-3-7-20(8-4-16)27-15-21(24)23-13-11-18(12-14-23)22(25)17-5-9-19(26-2)10-6-17/h3-10,18H,11-15H2,1-2H3. The van der Waals surface area contributed by atoms with Gasteiger partial charge >= 0.3 is 0 Å². The van der Waals surface area contributed by atoms with Gasteiger partial charge in [0, 0.05) is 24.6 Å². The highest BCUT2D eigenvalue weighted by molar-refractivity contribution is 5.98. The van der Waals surface area contributed by atoms with Gasteiger partial charge < -0.3 is 14.4 Å². The van der Waals surface area contributed by atoms with E-state index in [9.17, 15) is 9.59 Å². The normalized spacial score (nSPS) is 14.7. The fourth-order valence-electron chi connectivity index (χ4n) is 3.25. The number of carbonyl (C=O) groups excluding carboxylic acids is 2. The van der Waals surface area contributed by atoms with E-state index in [1.54, 1.807) is 36.3 Å². The second-order valence-electron chi connectivity index (χ2n) is 6.85. The highest BCUT2D eigenvalue weighted by Gasteiger charge is 2.28. The number of methoxy groups -OCH3 is 1.